The van der Waals surface area contributed by atoms with Gasteiger partial charge in [-0.2, -0.15) is 0 Å². The molecule has 0 aromatic heterocycles. The summed E-state index contributed by atoms with van der Waals surface area (Å²) < 4.78 is 17.5. The summed E-state index contributed by atoms with van der Waals surface area (Å²) in [5.41, 5.74) is 0.235. The SMILES string of the molecule is COC(=O)c1cc(O)c2cc(F)ccc2c1. The largest absolute Gasteiger partial charge is 0.507 e. The highest BCUT2D eigenvalue weighted by Crippen LogP contribution is 2.27. The van der Waals surface area contributed by atoms with Crippen molar-refractivity contribution in [2.24, 2.45) is 0 Å². The third kappa shape index (κ3) is 1.69. The minimum Gasteiger partial charge on any atom is -0.507 e. The van der Waals surface area contributed by atoms with Crippen LogP contribution >= 0.6 is 0 Å². The van der Waals surface area contributed by atoms with Gasteiger partial charge in [-0.05, 0) is 29.7 Å². The Morgan fingerprint density at radius 1 is 1.31 bits per heavy atom. The third-order valence-electron chi connectivity index (χ3n) is 2.32. The highest BCUT2D eigenvalue weighted by molar-refractivity contribution is 5.98. The lowest BCUT2D eigenvalue weighted by atomic mass is 10.1. The fourth-order valence-corrected chi connectivity index (χ4v) is 1.55. The summed E-state index contributed by atoms with van der Waals surface area (Å²) in [7, 11) is 1.26. The van der Waals surface area contributed by atoms with Gasteiger partial charge in [0.05, 0.1) is 12.7 Å². The maximum Gasteiger partial charge on any atom is 0.338 e. The van der Waals surface area contributed by atoms with E-state index >= 15 is 0 Å². The average Bonchev–Trinajstić information content (AvgIpc) is 2.28. The Balaban J connectivity index is 2.68. The summed E-state index contributed by atoms with van der Waals surface area (Å²) in [6.07, 6.45) is 0. The normalized spacial score (nSPS) is 10.4. The molecule has 0 aliphatic rings. The van der Waals surface area contributed by atoms with Crippen LogP contribution in [0.4, 0.5) is 4.39 Å². The number of fused-ring (bicyclic) bond motifs is 1. The zero-order valence-electron chi connectivity index (χ0n) is 8.53. The molecule has 16 heavy (non-hydrogen) atoms. The van der Waals surface area contributed by atoms with Crippen LogP contribution in [-0.2, 0) is 4.74 Å². The van der Waals surface area contributed by atoms with Crippen LogP contribution < -0.4 is 0 Å². The molecule has 0 spiro atoms. The first-order valence-corrected chi connectivity index (χ1v) is 4.62. The van der Waals surface area contributed by atoms with Gasteiger partial charge in [-0.1, -0.05) is 6.07 Å². The minimum atomic E-state index is -0.540. The molecule has 2 aromatic rings. The second-order valence-corrected chi connectivity index (χ2v) is 3.35. The van der Waals surface area contributed by atoms with Crippen LogP contribution in [0.3, 0.4) is 0 Å². The van der Waals surface area contributed by atoms with Gasteiger partial charge in [-0.3, -0.25) is 0 Å². The van der Waals surface area contributed by atoms with Crippen molar-refractivity contribution in [2.75, 3.05) is 7.11 Å². The molecule has 2 aromatic carbocycles. The predicted octanol–water partition coefficient (Wildman–Crippen LogP) is 2.47. The summed E-state index contributed by atoms with van der Waals surface area (Å²) in [5.74, 6) is -1.12. The molecule has 0 saturated heterocycles. The minimum absolute atomic E-state index is 0.141. The lowest BCUT2D eigenvalue weighted by Crippen LogP contribution is -2.00. The number of aromatic hydroxyl groups is 1. The summed E-state index contributed by atoms with van der Waals surface area (Å²) in [4.78, 5) is 11.3. The van der Waals surface area contributed by atoms with E-state index < -0.39 is 11.8 Å². The fourth-order valence-electron chi connectivity index (χ4n) is 1.55. The summed E-state index contributed by atoms with van der Waals surface area (Å²) in [6.45, 7) is 0. The zero-order chi connectivity index (χ0) is 11.7. The number of esters is 1. The number of carbonyl (C=O) groups is 1. The molecular formula is C12H9FO3. The topological polar surface area (TPSA) is 46.5 Å². The maximum atomic E-state index is 12.9. The van der Waals surface area contributed by atoms with Gasteiger partial charge in [0.15, 0.2) is 0 Å². The monoisotopic (exact) mass is 220 g/mol. The van der Waals surface area contributed by atoms with Gasteiger partial charge < -0.3 is 9.84 Å². The van der Waals surface area contributed by atoms with Gasteiger partial charge in [-0.15, -0.1) is 0 Å². The van der Waals surface area contributed by atoms with E-state index in [0.717, 1.165) is 0 Å². The first kappa shape index (κ1) is 10.4. The van der Waals surface area contributed by atoms with E-state index in [1.165, 1.54) is 31.4 Å². The van der Waals surface area contributed by atoms with Crippen molar-refractivity contribution < 1.29 is 19.0 Å². The Bertz CT molecular complexity index is 563. The molecule has 4 heteroatoms. The second kappa shape index (κ2) is 3.81. The van der Waals surface area contributed by atoms with E-state index in [4.69, 9.17) is 0 Å². The molecule has 0 atom stereocenters. The average molecular weight is 220 g/mol. The van der Waals surface area contributed by atoms with Gasteiger partial charge >= 0.3 is 5.97 Å². The molecule has 0 unspecified atom stereocenters. The summed E-state index contributed by atoms with van der Waals surface area (Å²) in [5, 5.41) is 10.6. The molecule has 82 valence electrons. The predicted molar refractivity (Wildman–Crippen MR) is 56.9 cm³/mol. The molecule has 0 bridgehead atoms. The van der Waals surface area contributed by atoms with Crippen molar-refractivity contribution in [3.63, 3.8) is 0 Å². The second-order valence-electron chi connectivity index (χ2n) is 3.35. The lowest BCUT2D eigenvalue weighted by molar-refractivity contribution is 0.0600. The van der Waals surface area contributed by atoms with E-state index in [1.807, 2.05) is 0 Å². The van der Waals surface area contributed by atoms with Crippen LogP contribution in [0, 0.1) is 5.82 Å². The number of hydrogen-bond acceptors (Lipinski definition) is 3. The molecule has 0 aliphatic carbocycles. The molecule has 2 rings (SSSR count). The number of benzene rings is 2. The highest BCUT2D eigenvalue weighted by atomic mass is 19.1. The Kier molecular flexibility index (Phi) is 2.48. The molecule has 0 heterocycles. The van der Waals surface area contributed by atoms with Crippen LogP contribution in [0.15, 0.2) is 30.3 Å². The van der Waals surface area contributed by atoms with Gasteiger partial charge in [0.25, 0.3) is 0 Å². The fraction of sp³-hybridized carbons (Fsp3) is 0.0833. The zero-order valence-corrected chi connectivity index (χ0v) is 8.53. The Labute approximate surface area is 91.1 Å². The Morgan fingerprint density at radius 3 is 2.75 bits per heavy atom. The summed E-state index contributed by atoms with van der Waals surface area (Å²) in [6, 6.07) is 6.78. The van der Waals surface area contributed by atoms with Crippen LogP contribution in [0.25, 0.3) is 10.8 Å². The van der Waals surface area contributed by atoms with E-state index in [-0.39, 0.29) is 11.3 Å². The quantitative estimate of drug-likeness (QED) is 0.751. The molecule has 0 radical (unpaired) electrons. The van der Waals surface area contributed by atoms with Crippen molar-refractivity contribution in [1.29, 1.82) is 0 Å². The number of phenols is 1. The van der Waals surface area contributed by atoms with Gasteiger partial charge in [-0.25, -0.2) is 9.18 Å². The van der Waals surface area contributed by atoms with Gasteiger partial charge in [0.2, 0.25) is 0 Å². The molecule has 0 amide bonds. The van der Waals surface area contributed by atoms with Crippen LogP contribution in [0.5, 0.6) is 5.75 Å². The first-order chi connectivity index (χ1) is 7.61. The molecule has 3 nitrogen and oxygen atoms in total. The summed E-state index contributed by atoms with van der Waals surface area (Å²) >= 11 is 0. The number of ether oxygens (including phenoxy) is 1. The molecule has 0 aliphatic heterocycles. The smallest absolute Gasteiger partial charge is 0.338 e. The highest BCUT2D eigenvalue weighted by Gasteiger charge is 2.10. The Hall–Kier alpha value is -2.10. The molecular weight excluding hydrogens is 211 g/mol. The lowest BCUT2D eigenvalue weighted by Gasteiger charge is -2.04. The number of methoxy groups -OCH3 is 1. The molecule has 0 saturated carbocycles. The first-order valence-electron chi connectivity index (χ1n) is 4.62. The number of rotatable bonds is 1. The van der Waals surface area contributed by atoms with E-state index in [2.05, 4.69) is 4.74 Å². The molecule has 0 fully saturated rings. The van der Waals surface area contributed by atoms with Crippen LogP contribution in [0.1, 0.15) is 10.4 Å². The van der Waals surface area contributed by atoms with E-state index in [9.17, 15) is 14.3 Å². The Morgan fingerprint density at radius 2 is 2.06 bits per heavy atom. The molecule has 1 N–H and O–H groups in total. The van der Waals surface area contributed by atoms with Crippen molar-refractivity contribution in [3.05, 3.63) is 41.7 Å². The number of halogens is 1. The maximum absolute atomic E-state index is 12.9. The van der Waals surface area contributed by atoms with E-state index in [1.54, 1.807) is 6.07 Å². The standard InChI is InChI=1S/C12H9FO3/c1-16-12(15)8-4-7-2-3-9(13)6-10(7)11(14)5-8/h2-6,14H,1H3. The van der Waals surface area contributed by atoms with Gasteiger partial charge in [0, 0.05) is 5.39 Å². The van der Waals surface area contributed by atoms with Crippen molar-refractivity contribution >= 4 is 16.7 Å². The number of hydrogen-bond donors (Lipinski definition) is 1. The van der Waals surface area contributed by atoms with Crippen molar-refractivity contribution in [3.8, 4) is 5.75 Å². The van der Waals surface area contributed by atoms with Gasteiger partial charge in [0.1, 0.15) is 11.6 Å². The van der Waals surface area contributed by atoms with Crippen molar-refractivity contribution in [2.45, 2.75) is 0 Å². The number of phenolic OH excluding ortho intramolecular Hbond substituents is 1. The van der Waals surface area contributed by atoms with Crippen LogP contribution in [0.2, 0.25) is 0 Å². The number of carbonyl (C=O) groups excluding carboxylic acids is 1. The van der Waals surface area contributed by atoms with Crippen LogP contribution in [-0.4, -0.2) is 18.2 Å². The van der Waals surface area contributed by atoms with Crippen molar-refractivity contribution in [1.82, 2.24) is 0 Å². The third-order valence-corrected chi connectivity index (χ3v) is 2.32. The van der Waals surface area contributed by atoms with E-state index in [0.29, 0.717) is 10.8 Å².